The van der Waals surface area contributed by atoms with Crippen LogP contribution >= 0.6 is 0 Å². The lowest BCUT2D eigenvalue weighted by Gasteiger charge is -2.37. The molecule has 0 radical (unpaired) electrons. The van der Waals surface area contributed by atoms with Crippen LogP contribution in [0.4, 0.5) is 0 Å². The van der Waals surface area contributed by atoms with Gasteiger partial charge in [0.1, 0.15) is 0 Å². The van der Waals surface area contributed by atoms with Crippen molar-refractivity contribution in [2.45, 2.75) is 50.7 Å². The van der Waals surface area contributed by atoms with Gasteiger partial charge in [0.2, 0.25) is 0 Å². The summed E-state index contributed by atoms with van der Waals surface area (Å²) < 4.78 is 11.0. The number of carbonyl (C=O) groups is 1. The van der Waals surface area contributed by atoms with E-state index in [0.29, 0.717) is 25.9 Å². The quantitative estimate of drug-likeness (QED) is 0.660. The monoisotopic (exact) mass is 246 g/mol. The third kappa shape index (κ3) is 3.94. The number of hydrogen-bond donors (Lipinski definition) is 2. The minimum atomic E-state index is -1.12. The molecule has 0 aromatic heterocycles. The smallest absolute Gasteiger partial charge is 0.336 e. The Kier molecular flexibility index (Phi) is 5.88. The Labute approximate surface area is 102 Å². The summed E-state index contributed by atoms with van der Waals surface area (Å²) in [6, 6.07) is 0. The number of ether oxygens (including phenoxy) is 2. The molecule has 1 fully saturated rings. The van der Waals surface area contributed by atoms with Crippen LogP contribution in [0.3, 0.4) is 0 Å². The molecule has 5 heteroatoms. The molecule has 0 aromatic carbocycles. The number of rotatable bonds is 7. The van der Waals surface area contributed by atoms with Crippen LogP contribution in [0.5, 0.6) is 0 Å². The Hall–Kier alpha value is -0.650. The minimum absolute atomic E-state index is 0.0184. The Morgan fingerprint density at radius 3 is 2.94 bits per heavy atom. The molecule has 1 heterocycles. The Bertz CT molecular complexity index is 241. The summed E-state index contributed by atoms with van der Waals surface area (Å²) in [7, 11) is 0. The molecule has 100 valence electrons. The Morgan fingerprint density at radius 1 is 1.59 bits per heavy atom. The molecule has 1 aliphatic heterocycles. The van der Waals surface area contributed by atoms with Crippen LogP contribution in [0.15, 0.2) is 0 Å². The van der Waals surface area contributed by atoms with E-state index >= 15 is 0 Å². The van der Waals surface area contributed by atoms with Crippen LogP contribution in [0.1, 0.15) is 39.0 Å². The highest BCUT2D eigenvalue weighted by atomic mass is 16.5. The molecule has 1 saturated heterocycles. The molecule has 2 atom stereocenters. The summed E-state index contributed by atoms with van der Waals surface area (Å²) in [5.74, 6) is -0.917. The van der Waals surface area contributed by atoms with E-state index < -0.39 is 11.6 Å². The van der Waals surface area contributed by atoms with E-state index in [1.807, 2.05) is 6.92 Å². The number of aliphatic carboxylic acids is 1. The lowest BCUT2D eigenvalue weighted by Crippen LogP contribution is -2.49. The van der Waals surface area contributed by atoms with E-state index in [9.17, 15) is 9.90 Å². The molecule has 0 bridgehead atoms. The zero-order valence-corrected chi connectivity index (χ0v) is 10.4. The maximum Gasteiger partial charge on any atom is 0.336 e. The summed E-state index contributed by atoms with van der Waals surface area (Å²) in [5, 5.41) is 18.0. The summed E-state index contributed by atoms with van der Waals surface area (Å²) in [6.07, 6.45) is 3.05. The van der Waals surface area contributed by atoms with Gasteiger partial charge in [-0.25, -0.2) is 4.79 Å². The second-order valence-electron chi connectivity index (χ2n) is 4.46. The van der Waals surface area contributed by atoms with Gasteiger partial charge in [-0.1, -0.05) is 13.3 Å². The zero-order valence-electron chi connectivity index (χ0n) is 10.4. The van der Waals surface area contributed by atoms with E-state index in [4.69, 9.17) is 14.6 Å². The fraction of sp³-hybridized carbons (Fsp3) is 0.917. The average Bonchev–Trinajstić information content (AvgIpc) is 2.30. The van der Waals surface area contributed by atoms with Gasteiger partial charge in [-0.15, -0.1) is 0 Å². The minimum Gasteiger partial charge on any atom is -0.479 e. The van der Waals surface area contributed by atoms with Crippen molar-refractivity contribution in [3.8, 4) is 0 Å². The first-order chi connectivity index (χ1) is 8.14. The highest BCUT2D eigenvalue weighted by molar-refractivity contribution is 5.77. The predicted octanol–water partition coefficient (Wildman–Crippen LogP) is 1.19. The zero-order chi connectivity index (χ0) is 12.7. The highest BCUT2D eigenvalue weighted by Gasteiger charge is 2.44. The molecule has 1 aliphatic rings. The number of aliphatic hydroxyl groups excluding tert-OH is 1. The van der Waals surface area contributed by atoms with Crippen molar-refractivity contribution in [2.24, 2.45) is 0 Å². The van der Waals surface area contributed by atoms with Gasteiger partial charge >= 0.3 is 5.97 Å². The van der Waals surface area contributed by atoms with Gasteiger partial charge in [0.25, 0.3) is 0 Å². The first-order valence-electron chi connectivity index (χ1n) is 6.24. The summed E-state index contributed by atoms with van der Waals surface area (Å²) in [4.78, 5) is 11.4. The van der Waals surface area contributed by atoms with Crippen LogP contribution in [0.2, 0.25) is 0 Å². The topological polar surface area (TPSA) is 76.0 Å². The van der Waals surface area contributed by atoms with Gasteiger partial charge < -0.3 is 19.7 Å². The lowest BCUT2D eigenvalue weighted by molar-refractivity contribution is -0.187. The summed E-state index contributed by atoms with van der Waals surface area (Å²) in [5.41, 5.74) is -1.12. The highest BCUT2D eigenvalue weighted by Crippen LogP contribution is 2.31. The van der Waals surface area contributed by atoms with Gasteiger partial charge in [0.05, 0.1) is 19.3 Å². The van der Waals surface area contributed by atoms with E-state index in [0.717, 1.165) is 12.8 Å². The van der Waals surface area contributed by atoms with E-state index in [1.54, 1.807) is 0 Å². The van der Waals surface area contributed by atoms with Gasteiger partial charge in [0, 0.05) is 19.4 Å². The normalized spacial score (nSPS) is 29.2. The largest absolute Gasteiger partial charge is 0.479 e. The maximum atomic E-state index is 11.4. The van der Waals surface area contributed by atoms with Crippen molar-refractivity contribution in [2.75, 3.05) is 19.8 Å². The number of hydrogen-bond acceptors (Lipinski definition) is 4. The fourth-order valence-corrected chi connectivity index (χ4v) is 2.15. The van der Waals surface area contributed by atoms with Crippen molar-refractivity contribution >= 4 is 5.97 Å². The molecule has 0 saturated carbocycles. The van der Waals surface area contributed by atoms with Crippen molar-refractivity contribution in [3.05, 3.63) is 0 Å². The molecule has 0 spiro atoms. The summed E-state index contributed by atoms with van der Waals surface area (Å²) in [6.45, 7) is 2.77. The number of aliphatic hydroxyl groups is 1. The summed E-state index contributed by atoms with van der Waals surface area (Å²) >= 11 is 0. The van der Waals surface area contributed by atoms with Crippen LogP contribution in [0.25, 0.3) is 0 Å². The average molecular weight is 246 g/mol. The first kappa shape index (κ1) is 14.4. The molecule has 17 heavy (non-hydrogen) atoms. The first-order valence-corrected chi connectivity index (χ1v) is 6.24. The Balaban J connectivity index is 2.59. The SMILES string of the molecule is CCCC1CC(OCCCO)(C(=O)O)CCO1. The molecule has 1 rings (SSSR count). The number of carboxylic acids is 1. The second-order valence-corrected chi connectivity index (χ2v) is 4.46. The van der Waals surface area contributed by atoms with Crippen LogP contribution in [0, 0.1) is 0 Å². The van der Waals surface area contributed by atoms with E-state index in [2.05, 4.69) is 0 Å². The van der Waals surface area contributed by atoms with Gasteiger partial charge in [0.15, 0.2) is 5.60 Å². The van der Waals surface area contributed by atoms with Crippen molar-refractivity contribution in [3.63, 3.8) is 0 Å². The molecule has 0 aliphatic carbocycles. The predicted molar refractivity (Wildman–Crippen MR) is 61.9 cm³/mol. The lowest BCUT2D eigenvalue weighted by atomic mass is 9.88. The third-order valence-corrected chi connectivity index (χ3v) is 3.10. The third-order valence-electron chi connectivity index (χ3n) is 3.10. The molecule has 2 unspecified atom stereocenters. The number of carboxylic acid groups (broad SMARTS) is 1. The van der Waals surface area contributed by atoms with Crippen LogP contribution < -0.4 is 0 Å². The molecule has 2 N–H and O–H groups in total. The van der Waals surface area contributed by atoms with E-state index in [-0.39, 0.29) is 19.3 Å². The molecular weight excluding hydrogens is 224 g/mol. The molecule has 5 nitrogen and oxygen atoms in total. The van der Waals surface area contributed by atoms with Crippen molar-refractivity contribution in [1.82, 2.24) is 0 Å². The standard InChI is InChI=1S/C12H22O5/c1-2-4-10-9-12(11(14)15,5-8-16-10)17-7-3-6-13/h10,13H,2-9H2,1H3,(H,14,15). The Morgan fingerprint density at radius 2 is 2.35 bits per heavy atom. The van der Waals surface area contributed by atoms with E-state index in [1.165, 1.54) is 0 Å². The van der Waals surface area contributed by atoms with Crippen molar-refractivity contribution in [1.29, 1.82) is 0 Å². The molecule has 0 aromatic rings. The van der Waals surface area contributed by atoms with Crippen molar-refractivity contribution < 1.29 is 24.5 Å². The molecule has 0 amide bonds. The van der Waals surface area contributed by atoms with Gasteiger partial charge in [-0.05, 0) is 12.8 Å². The van der Waals surface area contributed by atoms with Gasteiger partial charge in [-0.2, -0.15) is 0 Å². The second kappa shape index (κ2) is 6.93. The van der Waals surface area contributed by atoms with Crippen LogP contribution in [-0.4, -0.2) is 47.7 Å². The molecular formula is C12H22O5. The van der Waals surface area contributed by atoms with Gasteiger partial charge in [-0.3, -0.25) is 0 Å². The van der Waals surface area contributed by atoms with Crippen LogP contribution in [-0.2, 0) is 14.3 Å². The maximum absolute atomic E-state index is 11.4. The fourth-order valence-electron chi connectivity index (χ4n) is 2.15.